The number of carboxylic acid groups (broad SMARTS) is 3. The Morgan fingerprint density at radius 1 is 1.00 bits per heavy atom. The molecule has 0 aliphatic carbocycles. The summed E-state index contributed by atoms with van der Waals surface area (Å²) in [6.45, 7) is 3.45. The molecule has 184 valence electrons. The summed E-state index contributed by atoms with van der Waals surface area (Å²) >= 11 is 1.29. The first kappa shape index (κ1) is 29.4. The Labute approximate surface area is 233 Å². The molecule has 10 nitrogen and oxygen atoms in total. The maximum Gasteiger partial charge on any atom is 1.00 e. The molecule has 2 aliphatic rings. The Bertz CT molecular complexity index is 1150. The van der Waals surface area contributed by atoms with Gasteiger partial charge in [0.1, 0.15) is 17.5 Å². The van der Waals surface area contributed by atoms with Crippen molar-refractivity contribution in [2.45, 2.75) is 42.0 Å². The molecule has 12 heteroatoms. The summed E-state index contributed by atoms with van der Waals surface area (Å²) in [4.78, 5) is 59.3. The first-order valence-electron chi connectivity index (χ1n) is 10.5. The fourth-order valence-electron chi connectivity index (χ4n) is 4.01. The Morgan fingerprint density at radius 2 is 1.53 bits per heavy atom. The van der Waals surface area contributed by atoms with E-state index in [1.54, 1.807) is 50.2 Å². The van der Waals surface area contributed by atoms with E-state index in [2.05, 4.69) is 5.32 Å². The molecule has 2 saturated heterocycles. The molecule has 4 atom stereocenters. The zero-order valence-electron chi connectivity index (χ0n) is 19.8. The SMILES string of the molecule is CC1(C)S[C@@H]2[C@H](NC(=O)C(C(=O)O)c3ccccc3)C(=O)N2[C@H]1C(=O)O.O=C([O-])c1ccccc1.[Na+]. The van der Waals surface area contributed by atoms with Gasteiger partial charge in [0.2, 0.25) is 11.8 Å². The van der Waals surface area contributed by atoms with Crippen LogP contribution in [0.25, 0.3) is 0 Å². The molecule has 2 fully saturated rings. The number of hydrogen-bond donors (Lipinski definition) is 3. The third-order valence-corrected chi connectivity index (χ3v) is 7.20. The van der Waals surface area contributed by atoms with Crippen molar-refractivity contribution >= 4 is 41.5 Å². The molecule has 1 unspecified atom stereocenters. The number of nitrogens with zero attached hydrogens (tertiary/aromatic N) is 1. The molecule has 2 amide bonds. The standard InChI is InChI=1S/C17H18N2O6S.C7H6O2.Na/c1-17(2)11(16(24)25)19-13(21)10(14(19)26-17)18-12(20)9(15(22)23)8-6-4-3-5-7-8;8-7(9)6-4-2-1-3-5-6;/h3-7,9-11,14H,1-2H3,(H,18,20)(H,22,23)(H,24,25);1-5H,(H,8,9);/q;;+1/p-1/t9?,10-,11+,14-;;/m1../s1. The number of aliphatic carboxylic acids is 2. The molecular weight excluding hydrogens is 499 g/mol. The van der Waals surface area contributed by atoms with Crippen LogP contribution in [-0.4, -0.2) is 67.0 Å². The Kier molecular flexibility index (Phi) is 9.72. The predicted octanol–water partition coefficient (Wildman–Crippen LogP) is -2.46. The average Bonchev–Trinajstić information content (AvgIpc) is 3.07. The average molecular weight is 523 g/mol. The second kappa shape index (κ2) is 11.9. The van der Waals surface area contributed by atoms with E-state index in [4.69, 9.17) is 0 Å². The van der Waals surface area contributed by atoms with Gasteiger partial charge >= 0.3 is 41.5 Å². The van der Waals surface area contributed by atoms with Crippen LogP contribution in [0.3, 0.4) is 0 Å². The van der Waals surface area contributed by atoms with Crippen molar-refractivity contribution in [1.82, 2.24) is 10.2 Å². The maximum atomic E-state index is 12.5. The summed E-state index contributed by atoms with van der Waals surface area (Å²) in [5, 5.41) is 30.9. The summed E-state index contributed by atoms with van der Waals surface area (Å²) in [7, 11) is 0. The summed E-state index contributed by atoms with van der Waals surface area (Å²) in [6, 6.07) is 14.2. The number of thioether (sulfide) groups is 1. The first-order chi connectivity index (χ1) is 16.5. The molecule has 0 saturated carbocycles. The number of β-lactam (4-membered cyclic amide) rings is 1. The van der Waals surface area contributed by atoms with E-state index in [0.717, 1.165) is 0 Å². The van der Waals surface area contributed by atoms with Gasteiger partial charge in [-0.25, -0.2) is 4.79 Å². The Morgan fingerprint density at radius 3 is 1.97 bits per heavy atom. The number of hydrogen-bond acceptors (Lipinski definition) is 7. The van der Waals surface area contributed by atoms with E-state index >= 15 is 0 Å². The van der Waals surface area contributed by atoms with Crippen molar-refractivity contribution in [3.63, 3.8) is 0 Å². The molecule has 0 radical (unpaired) electrons. The Hall–Kier alpha value is -2.86. The van der Waals surface area contributed by atoms with Gasteiger partial charge in [0.05, 0.1) is 5.97 Å². The molecule has 4 rings (SSSR count). The summed E-state index contributed by atoms with van der Waals surface area (Å²) < 4.78 is -0.711. The fourth-order valence-corrected chi connectivity index (χ4v) is 5.63. The normalized spacial score (nSPS) is 21.9. The van der Waals surface area contributed by atoms with Crippen molar-refractivity contribution in [1.29, 1.82) is 0 Å². The molecule has 2 aromatic carbocycles. The van der Waals surface area contributed by atoms with Crippen LogP contribution in [-0.2, 0) is 19.2 Å². The van der Waals surface area contributed by atoms with Crippen molar-refractivity contribution in [2.75, 3.05) is 0 Å². The number of benzene rings is 2. The van der Waals surface area contributed by atoms with E-state index in [0.29, 0.717) is 5.56 Å². The van der Waals surface area contributed by atoms with Crippen LogP contribution in [0, 0.1) is 0 Å². The molecule has 2 aromatic rings. The Balaban J connectivity index is 0.000000386. The van der Waals surface area contributed by atoms with Crippen LogP contribution in [0.15, 0.2) is 60.7 Å². The third kappa shape index (κ3) is 6.09. The molecule has 2 heterocycles. The van der Waals surface area contributed by atoms with Crippen molar-refractivity contribution in [3.8, 4) is 0 Å². The van der Waals surface area contributed by atoms with Crippen LogP contribution in [0.5, 0.6) is 0 Å². The van der Waals surface area contributed by atoms with E-state index in [9.17, 15) is 39.3 Å². The molecule has 0 aromatic heterocycles. The molecule has 0 bridgehead atoms. The van der Waals surface area contributed by atoms with Crippen LogP contribution in [0.4, 0.5) is 0 Å². The van der Waals surface area contributed by atoms with Crippen LogP contribution < -0.4 is 40.0 Å². The number of rotatable bonds is 6. The van der Waals surface area contributed by atoms with Crippen LogP contribution in [0.1, 0.15) is 35.7 Å². The molecule has 2 aliphatic heterocycles. The van der Waals surface area contributed by atoms with E-state index in [-0.39, 0.29) is 35.1 Å². The van der Waals surface area contributed by atoms with Gasteiger partial charge in [0.15, 0.2) is 5.92 Å². The monoisotopic (exact) mass is 522 g/mol. The van der Waals surface area contributed by atoms with Gasteiger partial charge in [-0.3, -0.25) is 14.4 Å². The minimum atomic E-state index is -1.44. The number of nitrogens with one attached hydrogen (secondary N) is 1. The van der Waals surface area contributed by atoms with Crippen LogP contribution >= 0.6 is 11.8 Å². The second-order valence-electron chi connectivity index (χ2n) is 8.42. The zero-order valence-corrected chi connectivity index (χ0v) is 22.6. The topological polar surface area (TPSA) is 164 Å². The van der Waals surface area contributed by atoms with Crippen molar-refractivity contribution < 1.29 is 68.8 Å². The first-order valence-corrected chi connectivity index (χ1v) is 11.4. The fraction of sp³-hybridized carbons (Fsp3) is 0.292. The summed E-state index contributed by atoms with van der Waals surface area (Å²) in [5.74, 6) is -6.29. The van der Waals surface area contributed by atoms with Crippen molar-refractivity contribution in [3.05, 3.63) is 71.8 Å². The summed E-state index contributed by atoms with van der Waals surface area (Å²) in [5.41, 5.74) is 0.529. The number of carbonyl (C=O) groups is 5. The number of amides is 2. The number of aromatic carboxylic acids is 1. The van der Waals surface area contributed by atoms with Gasteiger partial charge in [-0.15, -0.1) is 11.8 Å². The third-order valence-electron chi connectivity index (χ3n) is 5.62. The minimum absolute atomic E-state index is 0. The van der Waals surface area contributed by atoms with Crippen molar-refractivity contribution in [2.24, 2.45) is 0 Å². The van der Waals surface area contributed by atoms with Gasteiger partial charge in [0.25, 0.3) is 0 Å². The number of fused-ring (bicyclic) bond motifs is 1. The second-order valence-corrected chi connectivity index (χ2v) is 10.2. The minimum Gasteiger partial charge on any atom is -0.545 e. The van der Waals surface area contributed by atoms with E-state index in [1.807, 2.05) is 0 Å². The van der Waals surface area contributed by atoms with Crippen LogP contribution in [0.2, 0.25) is 0 Å². The molecule has 3 N–H and O–H groups in total. The molecule has 0 spiro atoms. The number of carboxylic acids is 3. The predicted molar refractivity (Wildman–Crippen MR) is 123 cm³/mol. The van der Waals surface area contributed by atoms with E-state index < -0.39 is 57.8 Å². The van der Waals surface area contributed by atoms with Gasteiger partial charge < -0.3 is 30.3 Å². The summed E-state index contributed by atoms with van der Waals surface area (Å²) in [6.07, 6.45) is 0. The smallest absolute Gasteiger partial charge is 0.545 e. The van der Waals surface area contributed by atoms with Gasteiger partial charge in [-0.1, -0.05) is 60.7 Å². The molecular formula is C24H23N2NaO8S. The van der Waals surface area contributed by atoms with Gasteiger partial charge in [-0.05, 0) is 25.0 Å². The van der Waals surface area contributed by atoms with Gasteiger partial charge in [-0.2, -0.15) is 0 Å². The van der Waals surface area contributed by atoms with E-state index in [1.165, 1.54) is 40.9 Å². The largest absolute Gasteiger partial charge is 1.00 e. The molecule has 36 heavy (non-hydrogen) atoms. The quantitative estimate of drug-likeness (QED) is 0.212. The number of carbonyl (C=O) groups excluding carboxylic acids is 3. The van der Waals surface area contributed by atoms with Gasteiger partial charge in [0, 0.05) is 4.75 Å². The zero-order chi connectivity index (χ0) is 25.9. The maximum absolute atomic E-state index is 12.5.